The van der Waals surface area contributed by atoms with Crippen LogP contribution in [0.3, 0.4) is 0 Å². The Kier molecular flexibility index (Phi) is 5.49. The summed E-state index contributed by atoms with van der Waals surface area (Å²) in [5, 5.41) is 0. The molecule has 1 aromatic heterocycles. The lowest BCUT2D eigenvalue weighted by molar-refractivity contribution is 0.0974. The Morgan fingerprint density at radius 1 is 1.14 bits per heavy atom. The minimum absolute atomic E-state index is 0.0787. The van der Waals surface area contributed by atoms with Crippen LogP contribution in [0, 0.1) is 13.8 Å². The van der Waals surface area contributed by atoms with E-state index in [1.54, 1.807) is 4.57 Å². The average molecular weight is 389 g/mol. The number of nitrogens with one attached hydrogen (secondary N) is 1. The summed E-state index contributed by atoms with van der Waals surface area (Å²) in [7, 11) is 0. The fourth-order valence-corrected chi connectivity index (χ4v) is 4.08. The second-order valence-corrected chi connectivity index (χ2v) is 7.87. The third-order valence-electron chi connectivity index (χ3n) is 5.72. The van der Waals surface area contributed by atoms with Crippen molar-refractivity contribution < 1.29 is 4.79 Å². The van der Waals surface area contributed by atoms with Crippen molar-refractivity contribution in [3.63, 3.8) is 0 Å². The first kappa shape index (κ1) is 19.4. The molecule has 150 valence electrons. The molecule has 0 saturated carbocycles. The summed E-state index contributed by atoms with van der Waals surface area (Å²) >= 11 is 0. The number of H-pyrrole nitrogens is 1. The van der Waals surface area contributed by atoms with Crippen molar-refractivity contribution in [1.29, 1.82) is 0 Å². The highest BCUT2D eigenvalue weighted by Crippen LogP contribution is 2.20. The molecule has 1 N–H and O–H groups in total. The number of Topliss-reactive ketones (excluding diaryl/α,β-unsaturated/α-hetero) is 1. The Morgan fingerprint density at radius 2 is 1.97 bits per heavy atom. The van der Waals surface area contributed by atoms with Gasteiger partial charge in [-0.25, -0.2) is 4.79 Å². The summed E-state index contributed by atoms with van der Waals surface area (Å²) in [6.07, 6.45) is 4.38. The highest BCUT2D eigenvalue weighted by Gasteiger charge is 2.17. The number of hydrogen-bond acceptors (Lipinski definition) is 3. The molecule has 0 fully saturated rings. The number of para-hydroxylation sites is 2. The van der Waals surface area contributed by atoms with E-state index >= 15 is 0 Å². The number of benzene rings is 2. The second-order valence-electron chi connectivity index (χ2n) is 7.87. The van der Waals surface area contributed by atoms with Gasteiger partial charge in [0.25, 0.3) is 0 Å². The first-order valence-corrected chi connectivity index (χ1v) is 10.2. The number of nitrogens with zero attached hydrogens (tertiary/aromatic N) is 2. The molecule has 0 bridgehead atoms. The molecule has 5 heteroatoms. The molecule has 0 radical (unpaired) electrons. The summed E-state index contributed by atoms with van der Waals surface area (Å²) in [6, 6.07) is 13.8. The van der Waals surface area contributed by atoms with Gasteiger partial charge < -0.3 is 4.98 Å². The average Bonchev–Trinajstić information content (AvgIpc) is 3.06. The van der Waals surface area contributed by atoms with Crippen LogP contribution in [0.15, 0.2) is 53.3 Å². The number of imidazole rings is 1. The van der Waals surface area contributed by atoms with Crippen molar-refractivity contribution >= 4 is 22.5 Å². The predicted molar refractivity (Wildman–Crippen MR) is 117 cm³/mol. The molecule has 0 unspecified atom stereocenters. The second kappa shape index (κ2) is 8.21. The van der Waals surface area contributed by atoms with Gasteiger partial charge in [-0.2, -0.15) is 0 Å². The SMILES string of the molecule is Cc1ccc(C)c(C(=O)CCCN2CC=C(n3c(=O)[nH]c4ccccc43)CC2)c1. The van der Waals surface area contributed by atoms with Gasteiger partial charge in [-0.15, -0.1) is 0 Å². The van der Waals surface area contributed by atoms with Crippen LogP contribution < -0.4 is 5.69 Å². The third-order valence-corrected chi connectivity index (χ3v) is 5.72. The van der Waals surface area contributed by atoms with Crippen LogP contribution in [0.4, 0.5) is 0 Å². The number of fused-ring (bicyclic) bond motifs is 1. The fourth-order valence-electron chi connectivity index (χ4n) is 4.08. The molecule has 0 spiro atoms. The van der Waals surface area contributed by atoms with Crippen molar-refractivity contribution in [3.05, 3.63) is 75.7 Å². The van der Waals surface area contributed by atoms with E-state index in [9.17, 15) is 9.59 Å². The number of carbonyl (C=O) groups is 1. The molecule has 2 heterocycles. The van der Waals surface area contributed by atoms with Crippen LogP contribution in [-0.4, -0.2) is 39.9 Å². The van der Waals surface area contributed by atoms with Crippen molar-refractivity contribution in [2.24, 2.45) is 0 Å². The van der Waals surface area contributed by atoms with Crippen LogP contribution in [-0.2, 0) is 0 Å². The van der Waals surface area contributed by atoms with Crippen LogP contribution in [0.1, 0.15) is 40.7 Å². The van der Waals surface area contributed by atoms with Gasteiger partial charge in [0.2, 0.25) is 0 Å². The normalized spacial score (nSPS) is 14.9. The Morgan fingerprint density at radius 3 is 2.76 bits per heavy atom. The lowest BCUT2D eigenvalue weighted by atomic mass is 9.99. The number of carbonyl (C=O) groups excluding carboxylic acids is 1. The van der Waals surface area contributed by atoms with Gasteiger partial charge >= 0.3 is 5.69 Å². The van der Waals surface area contributed by atoms with Crippen LogP contribution in [0.5, 0.6) is 0 Å². The monoisotopic (exact) mass is 389 g/mol. The largest absolute Gasteiger partial charge is 0.330 e. The molecule has 1 aliphatic heterocycles. The summed E-state index contributed by atoms with van der Waals surface area (Å²) < 4.78 is 1.79. The lowest BCUT2D eigenvalue weighted by Gasteiger charge is -2.26. The van der Waals surface area contributed by atoms with Gasteiger partial charge in [0.05, 0.1) is 11.0 Å². The molecule has 2 aromatic carbocycles. The van der Waals surface area contributed by atoms with E-state index in [0.717, 1.165) is 65.9 Å². The zero-order chi connectivity index (χ0) is 20.4. The first-order chi connectivity index (χ1) is 14.0. The minimum atomic E-state index is -0.0787. The van der Waals surface area contributed by atoms with Gasteiger partial charge in [-0.3, -0.25) is 14.3 Å². The first-order valence-electron chi connectivity index (χ1n) is 10.2. The van der Waals surface area contributed by atoms with Gasteiger partial charge in [0.1, 0.15) is 0 Å². The van der Waals surface area contributed by atoms with E-state index in [1.807, 2.05) is 56.3 Å². The van der Waals surface area contributed by atoms with Gasteiger partial charge in [0.15, 0.2) is 5.78 Å². The maximum atomic E-state index is 12.6. The summed E-state index contributed by atoms with van der Waals surface area (Å²) in [5.74, 6) is 0.227. The molecular weight excluding hydrogens is 362 g/mol. The topological polar surface area (TPSA) is 58.1 Å². The van der Waals surface area contributed by atoms with Crippen molar-refractivity contribution in [2.45, 2.75) is 33.1 Å². The van der Waals surface area contributed by atoms with Crippen LogP contribution >= 0.6 is 0 Å². The van der Waals surface area contributed by atoms with E-state index in [4.69, 9.17) is 0 Å². The Bertz CT molecular complexity index is 1140. The number of ketones is 1. The zero-order valence-electron chi connectivity index (χ0n) is 17.1. The van der Waals surface area contributed by atoms with E-state index in [2.05, 4.69) is 16.0 Å². The molecule has 29 heavy (non-hydrogen) atoms. The highest BCUT2D eigenvalue weighted by molar-refractivity contribution is 5.97. The van der Waals surface area contributed by atoms with Gasteiger partial charge in [0, 0.05) is 37.2 Å². The maximum Gasteiger partial charge on any atom is 0.330 e. The molecule has 3 aromatic rings. The van der Waals surface area contributed by atoms with Crippen molar-refractivity contribution in [3.8, 4) is 0 Å². The van der Waals surface area contributed by atoms with Crippen LogP contribution in [0.2, 0.25) is 0 Å². The number of aryl methyl sites for hydroxylation is 2. The van der Waals surface area contributed by atoms with Crippen molar-refractivity contribution in [2.75, 3.05) is 19.6 Å². The molecule has 5 nitrogen and oxygen atoms in total. The van der Waals surface area contributed by atoms with E-state index in [-0.39, 0.29) is 11.5 Å². The molecule has 0 saturated heterocycles. The zero-order valence-corrected chi connectivity index (χ0v) is 17.1. The number of aromatic amines is 1. The van der Waals surface area contributed by atoms with Gasteiger partial charge in [-0.1, -0.05) is 35.9 Å². The van der Waals surface area contributed by atoms with Crippen LogP contribution in [0.25, 0.3) is 16.7 Å². The molecule has 4 rings (SSSR count). The fraction of sp³-hybridized carbons (Fsp3) is 0.333. The summed E-state index contributed by atoms with van der Waals surface area (Å²) in [5.41, 5.74) is 5.79. The molecule has 0 aliphatic carbocycles. The number of aromatic nitrogens is 2. The van der Waals surface area contributed by atoms with E-state index in [0.29, 0.717) is 6.42 Å². The molecule has 0 amide bonds. The van der Waals surface area contributed by atoms with E-state index < -0.39 is 0 Å². The smallest absolute Gasteiger partial charge is 0.305 e. The van der Waals surface area contributed by atoms with Gasteiger partial charge in [-0.05, 0) is 50.6 Å². The molecule has 1 aliphatic rings. The predicted octanol–water partition coefficient (Wildman–Crippen LogP) is 4.16. The Balaban J connectivity index is 1.36. The Hall–Kier alpha value is -2.92. The maximum absolute atomic E-state index is 12.6. The Labute approximate surface area is 170 Å². The van der Waals surface area contributed by atoms with Crippen molar-refractivity contribution in [1.82, 2.24) is 14.5 Å². The molecule has 0 atom stereocenters. The summed E-state index contributed by atoms with van der Waals surface area (Å²) in [6.45, 7) is 6.61. The lowest BCUT2D eigenvalue weighted by Crippen LogP contribution is -2.32. The van der Waals surface area contributed by atoms with E-state index in [1.165, 1.54) is 0 Å². The third kappa shape index (κ3) is 4.10. The standard InChI is InChI=1S/C24H27N3O2/c1-17-9-10-18(2)20(16-17)23(28)8-5-13-26-14-11-19(12-15-26)27-22-7-4-3-6-21(22)25-24(27)29/h3-4,6-7,9-11,16H,5,8,12-15H2,1-2H3,(H,25,29). The number of rotatable bonds is 6. The number of hydrogen-bond donors (Lipinski definition) is 1. The summed E-state index contributed by atoms with van der Waals surface area (Å²) in [4.78, 5) is 30.2. The minimum Gasteiger partial charge on any atom is -0.305 e. The highest BCUT2D eigenvalue weighted by atomic mass is 16.1. The molecular formula is C24H27N3O2. The quantitative estimate of drug-likeness (QED) is 0.644.